The molecule has 21 heavy (non-hydrogen) atoms. The minimum atomic E-state index is -4.37. The average Bonchev–Trinajstić information content (AvgIpc) is 2.40. The van der Waals surface area contributed by atoms with Crippen LogP contribution >= 0.6 is 11.8 Å². The van der Waals surface area contributed by atoms with Gasteiger partial charge < -0.3 is 0 Å². The monoisotopic (exact) mass is 333 g/mol. The molecule has 0 aliphatic heterocycles. The maximum absolute atomic E-state index is 12.2. The van der Waals surface area contributed by atoms with E-state index in [1.165, 1.54) is 36.4 Å². The quantitative estimate of drug-likeness (QED) is 0.857. The Hall–Kier alpha value is -1.67. The third-order valence-electron chi connectivity index (χ3n) is 2.39. The lowest BCUT2D eigenvalue weighted by Crippen LogP contribution is -2.12. The van der Waals surface area contributed by atoms with Crippen molar-refractivity contribution < 1.29 is 21.6 Å². The van der Waals surface area contributed by atoms with Gasteiger partial charge in [-0.3, -0.25) is 4.72 Å². The summed E-state index contributed by atoms with van der Waals surface area (Å²) in [5, 5.41) is 0. The van der Waals surface area contributed by atoms with E-state index in [0.29, 0.717) is 0 Å². The van der Waals surface area contributed by atoms with Gasteiger partial charge in [0, 0.05) is 10.6 Å². The molecule has 0 atom stereocenters. The molecule has 8 heteroatoms. The summed E-state index contributed by atoms with van der Waals surface area (Å²) in [6, 6.07) is 12.7. The van der Waals surface area contributed by atoms with E-state index in [1.807, 2.05) is 0 Å². The molecule has 112 valence electrons. The van der Waals surface area contributed by atoms with Gasteiger partial charge in [-0.2, -0.15) is 13.2 Å². The molecule has 0 fully saturated rings. The molecule has 3 nitrogen and oxygen atoms in total. The van der Waals surface area contributed by atoms with Crippen molar-refractivity contribution in [2.24, 2.45) is 0 Å². The molecule has 0 heterocycles. The van der Waals surface area contributed by atoms with Gasteiger partial charge in [0.2, 0.25) is 0 Å². The molecule has 0 aliphatic carbocycles. The number of nitrogens with one attached hydrogen (secondary N) is 1. The SMILES string of the molecule is O=S(=O)(Nc1ccc(SC(F)(F)F)cc1)c1ccccc1. The van der Waals surface area contributed by atoms with E-state index in [4.69, 9.17) is 0 Å². The highest BCUT2D eigenvalue weighted by Gasteiger charge is 2.29. The molecule has 1 N–H and O–H groups in total. The fourth-order valence-corrected chi connectivity index (χ4v) is 3.16. The Morgan fingerprint density at radius 2 is 1.48 bits per heavy atom. The Balaban J connectivity index is 2.14. The maximum Gasteiger partial charge on any atom is 0.446 e. The van der Waals surface area contributed by atoms with Crippen molar-refractivity contribution >= 4 is 27.5 Å². The maximum atomic E-state index is 12.2. The molecule has 0 amide bonds. The molecule has 0 unspecified atom stereocenters. The molecule has 0 saturated carbocycles. The zero-order chi connectivity index (χ0) is 15.5. The number of benzene rings is 2. The van der Waals surface area contributed by atoms with Crippen LogP contribution in [0.1, 0.15) is 0 Å². The van der Waals surface area contributed by atoms with Crippen molar-refractivity contribution in [1.29, 1.82) is 0 Å². The van der Waals surface area contributed by atoms with E-state index >= 15 is 0 Å². The van der Waals surface area contributed by atoms with Crippen LogP contribution in [0.3, 0.4) is 0 Å². The largest absolute Gasteiger partial charge is 0.446 e. The third-order valence-corrected chi connectivity index (χ3v) is 4.53. The molecule has 2 aromatic rings. The summed E-state index contributed by atoms with van der Waals surface area (Å²) in [6.07, 6.45) is 0. The first-order valence-electron chi connectivity index (χ1n) is 5.70. The highest BCUT2D eigenvalue weighted by atomic mass is 32.2. The van der Waals surface area contributed by atoms with E-state index in [9.17, 15) is 21.6 Å². The summed E-state index contributed by atoms with van der Waals surface area (Å²) in [5.41, 5.74) is -4.17. The first-order valence-corrected chi connectivity index (χ1v) is 8.00. The topological polar surface area (TPSA) is 46.2 Å². The summed E-state index contributed by atoms with van der Waals surface area (Å²) in [5.74, 6) is 0. The summed E-state index contributed by atoms with van der Waals surface area (Å²) in [4.78, 5) is 0.0731. The van der Waals surface area contributed by atoms with Crippen molar-refractivity contribution in [3.05, 3.63) is 54.6 Å². The average molecular weight is 333 g/mol. The predicted octanol–water partition coefficient (Wildman–Crippen LogP) is 4.10. The molecule has 0 bridgehead atoms. The van der Waals surface area contributed by atoms with Crippen LogP contribution in [0, 0.1) is 0 Å². The Kier molecular flexibility index (Phi) is 4.48. The zero-order valence-electron chi connectivity index (χ0n) is 10.5. The van der Waals surface area contributed by atoms with Crippen LogP contribution < -0.4 is 4.72 Å². The number of anilines is 1. The van der Waals surface area contributed by atoms with Crippen molar-refractivity contribution in [2.45, 2.75) is 15.3 Å². The van der Waals surface area contributed by atoms with Gasteiger partial charge in [0.05, 0.1) is 4.90 Å². The van der Waals surface area contributed by atoms with Gasteiger partial charge in [0.25, 0.3) is 10.0 Å². The molecule has 2 rings (SSSR count). The van der Waals surface area contributed by atoms with Crippen molar-refractivity contribution in [3.63, 3.8) is 0 Å². The molecule has 0 aliphatic rings. The fraction of sp³-hybridized carbons (Fsp3) is 0.0769. The van der Waals surface area contributed by atoms with Crippen molar-refractivity contribution in [3.8, 4) is 0 Å². The number of sulfonamides is 1. The van der Waals surface area contributed by atoms with Crippen LogP contribution in [0.15, 0.2) is 64.4 Å². The predicted molar refractivity (Wildman–Crippen MR) is 75.6 cm³/mol. The van der Waals surface area contributed by atoms with Crippen LogP contribution in [-0.2, 0) is 10.0 Å². The summed E-state index contributed by atoms with van der Waals surface area (Å²) >= 11 is -0.253. The van der Waals surface area contributed by atoms with Gasteiger partial charge in [-0.1, -0.05) is 18.2 Å². The van der Waals surface area contributed by atoms with Crippen LogP contribution in [0.4, 0.5) is 18.9 Å². The first-order chi connectivity index (χ1) is 9.76. The number of halogens is 3. The number of rotatable bonds is 4. The van der Waals surface area contributed by atoms with Crippen LogP contribution in [0.25, 0.3) is 0 Å². The van der Waals surface area contributed by atoms with Gasteiger partial charge in [-0.25, -0.2) is 8.42 Å². The second-order valence-corrected chi connectivity index (χ2v) is 6.81. The second-order valence-electron chi connectivity index (χ2n) is 3.99. The van der Waals surface area contributed by atoms with Crippen LogP contribution in [-0.4, -0.2) is 13.9 Å². The van der Waals surface area contributed by atoms with E-state index < -0.39 is 15.5 Å². The van der Waals surface area contributed by atoms with Crippen molar-refractivity contribution in [2.75, 3.05) is 4.72 Å². The highest BCUT2D eigenvalue weighted by Crippen LogP contribution is 2.37. The fourth-order valence-electron chi connectivity index (χ4n) is 1.54. The molecule has 0 aromatic heterocycles. The molecule has 2 aromatic carbocycles. The highest BCUT2D eigenvalue weighted by molar-refractivity contribution is 8.00. The van der Waals surface area contributed by atoms with Crippen LogP contribution in [0.2, 0.25) is 0 Å². The molecule has 0 spiro atoms. The summed E-state index contributed by atoms with van der Waals surface area (Å²) < 4.78 is 62.9. The lowest BCUT2D eigenvalue weighted by atomic mass is 10.3. The number of hydrogen-bond acceptors (Lipinski definition) is 3. The third kappa shape index (κ3) is 4.68. The number of hydrogen-bond donors (Lipinski definition) is 1. The molecule has 0 saturated heterocycles. The Bertz CT molecular complexity index is 698. The second kappa shape index (κ2) is 5.98. The van der Waals surface area contributed by atoms with E-state index in [-0.39, 0.29) is 27.2 Å². The molecular formula is C13H10F3NO2S2. The van der Waals surface area contributed by atoms with Gasteiger partial charge in [-0.15, -0.1) is 0 Å². The number of alkyl halides is 3. The van der Waals surface area contributed by atoms with E-state index in [2.05, 4.69) is 4.72 Å². The normalized spacial score (nSPS) is 12.1. The molecule has 0 radical (unpaired) electrons. The summed E-state index contributed by atoms with van der Waals surface area (Å²) in [6.45, 7) is 0. The zero-order valence-corrected chi connectivity index (χ0v) is 12.1. The van der Waals surface area contributed by atoms with Gasteiger partial charge in [-0.05, 0) is 48.2 Å². The number of thioether (sulfide) groups is 1. The minimum absolute atomic E-state index is 0.00911. The van der Waals surface area contributed by atoms with Gasteiger partial charge in [0.15, 0.2) is 0 Å². The lowest BCUT2D eigenvalue weighted by molar-refractivity contribution is -0.0328. The Morgan fingerprint density at radius 3 is 2.00 bits per heavy atom. The van der Waals surface area contributed by atoms with E-state index in [1.54, 1.807) is 18.2 Å². The minimum Gasteiger partial charge on any atom is -0.280 e. The van der Waals surface area contributed by atoms with Crippen LogP contribution in [0.5, 0.6) is 0 Å². The first kappa shape index (κ1) is 15.7. The summed E-state index contributed by atoms with van der Waals surface area (Å²) in [7, 11) is -3.74. The Labute approximate surface area is 124 Å². The Morgan fingerprint density at radius 1 is 0.905 bits per heavy atom. The smallest absolute Gasteiger partial charge is 0.280 e. The van der Waals surface area contributed by atoms with Crippen molar-refractivity contribution in [1.82, 2.24) is 0 Å². The standard InChI is InChI=1S/C13H10F3NO2S2/c14-13(15,16)20-11-8-6-10(7-9-11)17-21(18,19)12-4-2-1-3-5-12/h1-9,17H. The van der Waals surface area contributed by atoms with E-state index in [0.717, 1.165) is 0 Å². The van der Waals surface area contributed by atoms with Gasteiger partial charge in [0.1, 0.15) is 0 Å². The molecular weight excluding hydrogens is 323 g/mol. The van der Waals surface area contributed by atoms with Gasteiger partial charge >= 0.3 is 5.51 Å². The lowest BCUT2D eigenvalue weighted by Gasteiger charge is -2.09.